The SMILES string of the molecule is CCCc1ncc2c(n1)CCN(Cc1cc(-c3ccc(Cl)cc3)on1)C2. The highest BCUT2D eigenvalue weighted by Crippen LogP contribution is 2.24. The normalized spacial score (nSPS) is 14.4. The van der Waals surface area contributed by atoms with Gasteiger partial charge in [-0.25, -0.2) is 9.97 Å². The van der Waals surface area contributed by atoms with Crippen LogP contribution >= 0.6 is 11.6 Å². The first-order chi connectivity index (χ1) is 12.7. The number of hydrogen-bond donors (Lipinski definition) is 0. The summed E-state index contributed by atoms with van der Waals surface area (Å²) < 4.78 is 5.50. The number of aromatic nitrogens is 3. The maximum atomic E-state index is 5.94. The van der Waals surface area contributed by atoms with Crippen molar-refractivity contribution < 1.29 is 4.52 Å². The quantitative estimate of drug-likeness (QED) is 0.672. The molecule has 26 heavy (non-hydrogen) atoms. The van der Waals surface area contributed by atoms with Crippen LogP contribution in [0.5, 0.6) is 0 Å². The smallest absolute Gasteiger partial charge is 0.167 e. The highest BCUT2D eigenvalue weighted by molar-refractivity contribution is 6.30. The van der Waals surface area contributed by atoms with Crippen LogP contribution in [0, 0.1) is 0 Å². The van der Waals surface area contributed by atoms with Crippen molar-refractivity contribution in [2.45, 2.75) is 39.3 Å². The molecule has 0 aliphatic carbocycles. The fraction of sp³-hybridized carbons (Fsp3) is 0.350. The van der Waals surface area contributed by atoms with Crippen LogP contribution in [-0.4, -0.2) is 26.6 Å². The summed E-state index contributed by atoms with van der Waals surface area (Å²) in [6.07, 6.45) is 4.97. The lowest BCUT2D eigenvalue weighted by molar-refractivity contribution is 0.235. The number of hydrogen-bond acceptors (Lipinski definition) is 5. The van der Waals surface area contributed by atoms with E-state index in [1.807, 2.05) is 36.5 Å². The zero-order chi connectivity index (χ0) is 17.9. The highest BCUT2D eigenvalue weighted by atomic mass is 35.5. The molecule has 5 nitrogen and oxygen atoms in total. The van der Waals surface area contributed by atoms with E-state index in [4.69, 9.17) is 21.1 Å². The lowest BCUT2D eigenvalue weighted by Crippen LogP contribution is -2.31. The molecule has 6 heteroatoms. The summed E-state index contributed by atoms with van der Waals surface area (Å²) >= 11 is 5.94. The second kappa shape index (κ2) is 7.56. The molecule has 134 valence electrons. The van der Waals surface area contributed by atoms with Gasteiger partial charge in [0.2, 0.25) is 0 Å². The van der Waals surface area contributed by atoms with E-state index in [-0.39, 0.29) is 0 Å². The summed E-state index contributed by atoms with van der Waals surface area (Å²) in [5.74, 6) is 1.73. The molecule has 3 aromatic rings. The standard InChI is InChI=1S/C20H21ClN4O/c1-2-3-20-22-11-15-12-25(9-8-18(15)23-20)13-17-10-19(26-24-17)14-4-6-16(21)7-5-14/h4-7,10-11H,2-3,8-9,12-13H2,1H3. The molecular formula is C20H21ClN4O. The van der Waals surface area contributed by atoms with Gasteiger partial charge in [-0.1, -0.05) is 23.7 Å². The zero-order valence-electron chi connectivity index (χ0n) is 14.8. The molecule has 1 aliphatic heterocycles. The van der Waals surface area contributed by atoms with Crippen molar-refractivity contribution in [2.75, 3.05) is 6.54 Å². The van der Waals surface area contributed by atoms with Crippen LogP contribution in [0.15, 0.2) is 41.1 Å². The Morgan fingerprint density at radius 1 is 1.23 bits per heavy atom. The first kappa shape index (κ1) is 17.2. The molecule has 1 aliphatic rings. The third-order valence-electron chi connectivity index (χ3n) is 4.61. The molecule has 0 N–H and O–H groups in total. The van der Waals surface area contributed by atoms with Gasteiger partial charge in [-0.15, -0.1) is 0 Å². The Balaban J connectivity index is 1.43. The Labute approximate surface area is 158 Å². The molecule has 0 saturated carbocycles. The van der Waals surface area contributed by atoms with Crippen LogP contribution in [0.4, 0.5) is 0 Å². The molecule has 0 saturated heterocycles. The van der Waals surface area contributed by atoms with Gasteiger partial charge in [-0.2, -0.15) is 0 Å². The molecule has 0 fully saturated rings. The summed E-state index contributed by atoms with van der Waals surface area (Å²) in [7, 11) is 0. The van der Waals surface area contributed by atoms with Gasteiger partial charge >= 0.3 is 0 Å². The minimum atomic E-state index is 0.713. The predicted octanol–water partition coefficient (Wildman–Crippen LogP) is 4.30. The van der Waals surface area contributed by atoms with Crippen molar-refractivity contribution in [1.82, 2.24) is 20.0 Å². The van der Waals surface area contributed by atoms with E-state index in [1.165, 1.54) is 11.3 Å². The summed E-state index contributed by atoms with van der Waals surface area (Å²) in [6, 6.07) is 9.59. The van der Waals surface area contributed by atoms with E-state index < -0.39 is 0 Å². The molecule has 3 heterocycles. The van der Waals surface area contributed by atoms with Gasteiger partial charge in [0.25, 0.3) is 0 Å². The fourth-order valence-corrected chi connectivity index (χ4v) is 3.39. The van der Waals surface area contributed by atoms with Crippen molar-refractivity contribution in [3.8, 4) is 11.3 Å². The molecular weight excluding hydrogens is 348 g/mol. The van der Waals surface area contributed by atoms with E-state index in [0.717, 1.165) is 61.7 Å². The monoisotopic (exact) mass is 368 g/mol. The summed E-state index contributed by atoms with van der Waals surface area (Å²) in [5, 5.41) is 4.94. The number of aryl methyl sites for hydroxylation is 1. The summed E-state index contributed by atoms with van der Waals surface area (Å²) in [4.78, 5) is 11.6. The average molecular weight is 369 g/mol. The van der Waals surface area contributed by atoms with Gasteiger partial charge in [0.15, 0.2) is 5.76 Å². The first-order valence-corrected chi connectivity index (χ1v) is 9.36. The fourth-order valence-electron chi connectivity index (χ4n) is 3.26. The Morgan fingerprint density at radius 3 is 2.88 bits per heavy atom. The molecule has 0 radical (unpaired) electrons. The predicted molar refractivity (Wildman–Crippen MR) is 101 cm³/mol. The number of halogens is 1. The third-order valence-corrected chi connectivity index (χ3v) is 4.86. The summed E-state index contributed by atoms with van der Waals surface area (Å²) in [5.41, 5.74) is 4.33. The number of rotatable bonds is 5. The van der Waals surface area contributed by atoms with E-state index in [1.54, 1.807) is 0 Å². The first-order valence-electron chi connectivity index (χ1n) is 8.99. The lowest BCUT2D eigenvalue weighted by atomic mass is 10.1. The van der Waals surface area contributed by atoms with Crippen LogP contribution in [-0.2, 0) is 25.9 Å². The van der Waals surface area contributed by atoms with Gasteiger partial charge in [0.05, 0.1) is 5.69 Å². The molecule has 4 rings (SSSR count). The van der Waals surface area contributed by atoms with Crippen molar-refractivity contribution in [3.05, 3.63) is 64.3 Å². The number of benzene rings is 1. The molecule has 0 atom stereocenters. The molecule has 1 aromatic carbocycles. The maximum absolute atomic E-state index is 5.94. The van der Waals surface area contributed by atoms with Crippen molar-refractivity contribution >= 4 is 11.6 Å². The second-order valence-corrected chi connectivity index (χ2v) is 7.09. The third kappa shape index (κ3) is 3.79. The Bertz CT molecular complexity index is 891. The van der Waals surface area contributed by atoms with Gasteiger partial charge in [-0.3, -0.25) is 4.90 Å². The second-order valence-electron chi connectivity index (χ2n) is 6.66. The van der Waals surface area contributed by atoms with E-state index in [2.05, 4.69) is 22.0 Å². The van der Waals surface area contributed by atoms with Gasteiger partial charge in [-0.05, 0) is 30.7 Å². The van der Waals surface area contributed by atoms with Gasteiger partial charge in [0.1, 0.15) is 5.82 Å². The maximum Gasteiger partial charge on any atom is 0.167 e. The van der Waals surface area contributed by atoms with Crippen LogP contribution in [0.25, 0.3) is 11.3 Å². The van der Waals surface area contributed by atoms with E-state index in [0.29, 0.717) is 5.02 Å². The van der Waals surface area contributed by atoms with Crippen molar-refractivity contribution in [2.24, 2.45) is 0 Å². The van der Waals surface area contributed by atoms with E-state index in [9.17, 15) is 0 Å². The topological polar surface area (TPSA) is 55.1 Å². The van der Waals surface area contributed by atoms with Crippen LogP contribution < -0.4 is 0 Å². The van der Waals surface area contributed by atoms with Crippen molar-refractivity contribution in [3.63, 3.8) is 0 Å². The Kier molecular flexibility index (Phi) is 5.00. The van der Waals surface area contributed by atoms with Crippen LogP contribution in [0.3, 0.4) is 0 Å². The van der Waals surface area contributed by atoms with E-state index >= 15 is 0 Å². The molecule has 0 amide bonds. The number of fused-ring (bicyclic) bond motifs is 1. The highest BCUT2D eigenvalue weighted by Gasteiger charge is 2.20. The molecule has 0 unspecified atom stereocenters. The molecule has 0 bridgehead atoms. The summed E-state index contributed by atoms with van der Waals surface area (Å²) in [6.45, 7) is 4.73. The number of nitrogens with zero attached hydrogens (tertiary/aromatic N) is 4. The zero-order valence-corrected chi connectivity index (χ0v) is 15.5. The lowest BCUT2D eigenvalue weighted by Gasteiger charge is -2.27. The Morgan fingerprint density at radius 2 is 2.08 bits per heavy atom. The minimum Gasteiger partial charge on any atom is -0.356 e. The average Bonchev–Trinajstić information content (AvgIpc) is 3.11. The minimum absolute atomic E-state index is 0.713. The molecule has 2 aromatic heterocycles. The van der Waals surface area contributed by atoms with Gasteiger partial charge < -0.3 is 4.52 Å². The Hall–Kier alpha value is -2.24. The van der Waals surface area contributed by atoms with Crippen LogP contribution in [0.2, 0.25) is 5.02 Å². The molecule has 0 spiro atoms. The largest absolute Gasteiger partial charge is 0.356 e. The van der Waals surface area contributed by atoms with Crippen molar-refractivity contribution in [1.29, 1.82) is 0 Å². The van der Waals surface area contributed by atoms with Gasteiger partial charge in [0, 0.05) is 66.6 Å². The van der Waals surface area contributed by atoms with Crippen LogP contribution in [0.1, 0.15) is 36.1 Å².